The Hall–Kier alpha value is -5.18. The molecule has 0 saturated heterocycles. The number of anilines is 3. The van der Waals surface area contributed by atoms with Crippen LogP contribution in [0.25, 0.3) is 42.1 Å². The third kappa shape index (κ3) is 5.09. The number of fused-ring (bicyclic) bond motifs is 4. The van der Waals surface area contributed by atoms with Gasteiger partial charge in [-0.2, -0.15) is 0 Å². The lowest BCUT2D eigenvalue weighted by Crippen LogP contribution is -2.30. The lowest BCUT2D eigenvalue weighted by molar-refractivity contribution is 0.346. The van der Waals surface area contributed by atoms with E-state index in [-0.39, 0.29) is 5.41 Å². The van der Waals surface area contributed by atoms with Crippen molar-refractivity contribution in [3.63, 3.8) is 0 Å². The molecule has 0 amide bonds. The van der Waals surface area contributed by atoms with Crippen molar-refractivity contribution < 1.29 is 0 Å². The van der Waals surface area contributed by atoms with Crippen molar-refractivity contribution in [3.05, 3.63) is 175 Å². The zero-order chi connectivity index (χ0) is 31.9. The summed E-state index contributed by atoms with van der Waals surface area (Å²) in [6.07, 6.45) is 6.30. The van der Waals surface area contributed by atoms with Gasteiger partial charge in [-0.1, -0.05) is 135 Å². The van der Waals surface area contributed by atoms with E-state index in [4.69, 9.17) is 0 Å². The van der Waals surface area contributed by atoms with E-state index in [1.807, 2.05) is 11.3 Å². The maximum atomic E-state index is 2.42. The first-order valence-electron chi connectivity index (χ1n) is 17.2. The fourth-order valence-corrected chi connectivity index (χ4v) is 9.20. The molecule has 1 aliphatic carbocycles. The van der Waals surface area contributed by atoms with E-state index in [0.29, 0.717) is 0 Å². The van der Waals surface area contributed by atoms with Crippen LogP contribution in [0.1, 0.15) is 43.2 Å². The molecule has 1 aromatic heterocycles. The lowest BCUT2D eigenvalue weighted by Gasteiger charge is -2.39. The highest BCUT2D eigenvalue weighted by Crippen LogP contribution is 2.46. The average molecular weight is 636 g/mol. The highest BCUT2D eigenvalue weighted by molar-refractivity contribution is 7.25. The number of nitrogens with zero attached hydrogens (tertiary/aromatic N) is 1. The molecule has 0 aliphatic heterocycles. The monoisotopic (exact) mass is 635 g/mol. The van der Waals surface area contributed by atoms with E-state index in [2.05, 4.69) is 169 Å². The van der Waals surface area contributed by atoms with Crippen LogP contribution in [-0.4, -0.2) is 0 Å². The van der Waals surface area contributed by atoms with Gasteiger partial charge < -0.3 is 4.90 Å². The van der Waals surface area contributed by atoms with Crippen molar-refractivity contribution in [3.8, 4) is 11.1 Å². The smallest absolute Gasteiger partial charge is 0.0476 e. The molecular formula is C46H37NS. The van der Waals surface area contributed by atoms with Gasteiger partial charge in [-0.05, 0) is 94.4 Å². The van der Waals surface area contributed by atoms with E-state index in [0.717, 1.165) is 5.69 Å². The molecule has 9 rings (SSSR count). The molecule has 1 heterocycles. The van der Waals surface area contributed by atoms with Gasteiger partial charge in [0.2, 0.25) is 0 Å². The summed E-state index contributed by atoms with van der Waals surface area (Å²) >= 11 is 1.88. The van der Waals surface area contributed by atoms with Gasteiger partial charge in [-0.25, -0.2) is 0 Å². The van der Waals surface area contributed by atoms with E-state index < -0.39 is 0 Å². The molecule has 1 fully saturated rings. The van der Waals surface area contributed by atoms with Gasteiger partial charge in [0.1, 0.15) is 0 Å². The first-order chi connectivity index (χ1) is 23.7. The first-order valence-corrected chi connectivity index (χ1v) is 18.0. The average Bonchev–Trinajstić information content (AvgIpc) is 3.54. The van der Waals surface area contributed by atoms with Gasteiger partial charge in [0.05, 0.1) is 0 Å². The largest absolute Gasteiger partial charge is 0.310 e. The SMILES string of the molecule is c1ccc(C2(c3ccc(N(c4ccc(-c5ccc6ccccc6c5)cc4)c4ccc5c(c4)sc4ccccc45)cc3)CCCCC2)cc1. The minimum absolute atomic E-state index is 0.0837. The van der Waals surface area contributed by atoms with E-state index in [1.165, 1.54) is 96.7 Å². The Balaban J connectivity index is 1.14. The zero-order valence-corrected chi connectivity index (χ0v) is 27.8. The van der Waals surface area contributed by atoms with Gasteiger partial charge in [0, 0.05) is 42.6 Å². The molecule has 0 bridgehead atoms. The van der Waals surface area contributed by atoms with E-state index in [1.54, 1.807) is 0 Å². The van der Waals surface area contributed by atoms with Crippen LogP contribution in [0.5, 0.6) is 0 Å². The minimum Gasteiger partial charge on any atom is -0.310 e. The van der Waals surface area contributed by atoms with Crippen LogP contribution in [0.4, 0.5) is 17.1 Å². The first kappa shape index (κ1) is 29.0. The van der Waals surface area contributed by atoms with Gasteiger partial charge in [-0.15, -0.1) is 11.3 Å². The third-order valence-electron chi connectivity index (χ3n) is 10.5. The Labute approximate surface area is 286 Å². The van der Waals surface area contributed by atoms with Crippen molar-refractivity contribution in [1.29, 1.82) is 0 Å². The summed E-state index contributed by atoms with van der Waals surface area (Å²) in [5, 5.41) is 5.19. The summed E-state index contributed by atoms with van der Waals surface area (Å²) in [5.74, 6) is 0. The van der Waals surface area contributed by atoms with E-state index >= 15 is 0 Å². The second-order valence-corrected chi connectivity index (χ2v) is 14.4. The summed E-state index contributed by atoms with van der Waals surface area (Å²) in [6.45, 7) is 0. The molecule has 1 saturated carbocycles. The molecule has 1 nitrogen and oxygen atoms in total. The second-order valence-electron chi connectivity index (χ2n) is 13.3. The number of thiophene rings is 1. The Bertz CT molecular complexity index is 2360. The van der Waals surface area contributed by atoms with Crippen molar-refractivity contribution in [1.82, 2.24) is 0 Å². The van der Waals surface area contributed by atoms with Gasteiger partial charge >= 0.3 is 0 Å². The fraction of sp³-hybridized carbons (Fsp3) is 0.130. The molecule has 0 spiro atoms. The fourth-order valence-electron chi connectivity index (χ4n) is 8.06. The summed E-state index contributed by atoms with van der Waals surface area (Å²) in [5.41, 5.74) is 8.94. The van der Waals surface area contributed by atoms with Crippen LogP contribution in [0.2, 0.25) is 0 Å². The lowest BCUT2D eigenvalue weighted by atomic mass is 9.65. The van der Waals surface area contributed by atoms with E-state index in [9.17, 15) is 0 Å². The van der Waals surface area contributed by atoms with Crippen LogP contribution in [0, 0.1) is 0 Å². The highest BCUT2D eigenvalue weighted by Gasteiger charge is 2.35. The molecule has 2 heteroatoms. The number of benzene rings is 7. The van der Waals surface area contributed by atoms with Crippen molar-refractivity contribution >= 4 is 59.3 Å². The molecule has 0 unspecified atom stereocenters. The van der Waals surface area contributed by atoms with Crippen molar-refractivity contribution in [2.45, 2.75) is 37.5 Å². The quantitative estimate of drug-likeness (QED) is 0.176. The maximum absolute atomic E-state index is 2.42. The molecule has 1 aliphatic rings. The predicted molar refractivity (Wildman–Crippen MR) is 207 cm³/mol. The Morgan fingerprint density at radius 1 is 0.417 bits per heavy atom. The zero-order valence-electron chi connectivity index (χ0n) is 27.0. The second kappa shape index (κ2) is 12.1. The summed E-state index contributed by atoms with van der Waals surface area (Å²) in [6, 6.07) is 60.9. The standard InChI is InChI=1S/C46H37NS/c1-3-13-37(14-4-1)46(29-9-2-10-30-46)38-21-25-40(26-22-38)47(41-27-28-43-42-15-7-8-16-44(42)48-45(43)32-41)39-23-19-34(20-24-39)36-18-17-33-11-5-6-12-35(33)31-36/h1,3-8,11-28,31-32H,2,9-10,29-30H2. The van der Waals surface area contributed by atoms with Gasteiger partial charge in [0.15, 0.2) is 0 Å². The Kier molecular flexibility index (Phi) is 7.32. The van der Waals surface area contributed by atoms with Crippen molar-refractivity contribution in [2.75, 3.05) is 4.90 Å². The van der Waals surface area contributed by atoms with Crippen LogP contribution in [0.3, 0.4) is 0 Å². The highest BCUT2D eigenvalue weighted by atomic mass is 32.1. The third-order valence-corrected chi connectivity index (χ3v) is 11.7. The molecule has 0 radical (unpaired) electrons. The van der Waals surface area contributed by atoms with Crippen LogP contribution < -0.4 is 4.90 Å². The Morgan fingerprint density at radius 2 is 1.02 bits per heavy atom. The molecule has 48 heavy (non-hydrogen) atoms. The molecule has 8 aromatic rings. The van der Waals surface area contributed by atoms with Crippen molar-refractivity contribution in [2.24, 2.45) is 0 Å². The molecule has 0 N–H and O–H groups in total. The topological polar surface area (TPSA) is 3.24 Å². The Morgan fingerprint density at radius 3 is 1.81 bits per heavy atom. The van der Waals surface area contributed by atoms with Crippen LogP contribution in [-0.2, 0) is 5.41 Å². The maximum Gasteiger partial charge on any atom is 0.0476 e. The number of rotatable bonds is 6. The molecule has 232 valence electrons. The normalized spacial score (nSPS) is 14.4. The van der Waals surface area contributed by atoms with Gasteiger partial charge in [-0.3, -0.25) is 0 Å². The minimum atomic E-state index is 0.0837. The van der Waals surface area contributed by atoms with Gasteiger partial charge in [0.25, 0.3) is 0 Å². The summed E-state index contributed by atoms with van der Waals surface area (Å²) < 4.78 is 2.65. The molecular weight excluding hydrogens is 599 g/mol. The number of hydrogen-bond acceptors (Lipinski definition) is 2. The van der Waals surface area contributed by atoms with Crippen LogP contribution in [0.15, 0.2) is 164 Å². The summed E-state index contributed by atoms with van der Waals surface area (Å²) in [4.78, 5) is 2.42. The number of hydrogen-bond donors (Lipinski definition) is 0. The van der Waals surface area contributed by atoms with Crippen LogP contribution >= 0.6 is 11.3 Å². The summed E-state index contributed by atoms with van der Waals surface area (Å²) in [7, 11) is 0. The molecule has 7 aromatic carbocycles. The molecule has 0 atom stereocenters. The predicted octanol–water partition coefficient (Wildman–Crippen LogP) is 13.6.